The van der Waals surface area contributed by atoms with E-state index in [0.717, 1.165) is 23.0 Å². The number of aryl methyl sites for hydroxylation is 2. The van der Waals surface area contributed by atoms with E-state index in [2.05, 4.69) is 34.6 Å². The van der Waals surface area contributed by atoms with Crippen LogP contribution in [-0.2, 0) is 6.54 Å². The maximum absolute atomic E-state index is 5.14. The van der Waals surface area contributed by atoms with E-state index in [1.54, 1.807) is 7.05 Å². The summed E-state index contributed by atoms with van der Waals surface area (Å²) in [6.45, 7) is 9.08. The Bertz CT molecular complexity index is 442. The Kier molecular flexibility index (Phi) is 3.32. The number of aromatic nitrogens is 1. The minimum atomic E-state index is 0.390. The molecule has 0 spiro atoms. The highest BCUT2D eigenvalue weighted by molar-refractivity contribution is 5.80. The lowest BCUT2D eigenvalue weighted by Gasteiger charge is -2.12. The summed E-state index contributed by atoms with van der Waals surface area (Å²) in [7, 11) is 1.79. The summed E-state index contributed by atoms with van der Waals surface area (Å²) in [6, 6.07) is 0.522. The summed E-state index contributed by atoms with van der Waals surface area (Å²) in [6.07, 6.45) is 1.19. The molecule has 2 N–H and O–H groups in total. The van der Waals surface area contributed by atoms with Crippen LogP contribution in [0.3, 0.4) is 0 Å². The van der Waals surface area contributed by atoms with Gasteiger partial charge in [0.25, 0.3) is 0 Å². The first kappa shape index (κ1) is 12.9. The van der Waals surface area contributed by atoms with E-state index in [1.165, 1.54) is 6.42 Å². The van der Waals surface area contributed by atoms with Gasteiger partial charge in [0, 0.05) is 25.2 Å². The average Bonchev–Trinajstić information content (AvgIpc) is 2.78. The minimum absolute atomic E-state index is 0.390. The van der Waals surface area contributed by atoms with E-state index < -0.39 is 0 Å². The predicted octanol–water partition coefficient (Wildman–Crippen LogP) is 1.75. The third kappa shape index (κ3) is 2.66. The first-order valence-electron chi connectivity index (χ1n) is 6.33. The number of hydrogen-bond acceptors (Lipinski definition) is 3. The van der Waals surface area contributed by atoms with Crippen LogP contribution in [0, 0.1) is 19.3 Å². The molecule has 1 unspecified atom stereocenters. The lowest BCUT2D eigenvalue weighted by atomic mass is 10.2. The van der Waals surface area contributed by atoms with E-state index in [0.29, 0.717) is 18.0 Å². The lowest BCUT2D eigenvalue weighted by molar-refractivity contribution is 0.392. The van der Waals surface area contributed by atoms with Crippen molar-refractivity contribution in [2.75, 3.05) is 7.05 Å². The van der Waals surface area contributed by atoms with Crippen molar-refractivity contribution < 1.29 is 4.52 Å². The van der Waals surface area contributed by atoms with Gasteiger partial charge >= 0.3 is 0 Å². The Hall–Kier alpha value is -1.52. The molecule has 5 nitrogen and oxygen atoms in total. The molecule has 0 bridgehead atoms. The fourth-order valence-electron chi connectivity index (χ4n) is 2.00. The Labute approximate surface area is 108 Å². The maximum Gasteiger partial charge on any atom is 0.191 e. The van der Waals surface area contributed by atoms with E-state index in [1.807, 2.05) is 13.8 Å². The smallest absolute Gasteiger partial charge is 0.191 e. The summed E-state index contributed by atoms with van der Waals surface area (Å²) in [5, 5.41) is 10.7. The van der Waals surface area contributed by atoms with Crippen molar-refractivity contribution in [1.82, 2.24) is 15.8 Å². The molecule has 0 radical (unpaired) electrons. The van der Waals surface area contributed by atoms with Gasteiger partial charge in [-0.15, -0.1) is 0 Å². The fraction of sp³-hybridized carbons (Fsp3) is 0.692. The van der Waals surface area contributed by atoms with Crippen molar-refractivity contribution in [1.29, 1.82) is 0 Å². The van der Waals surface area contributed by atoms with Crippen LogP contribution in [0.5, 0.6) is 0 Å². The van der Waals surface area contributed by atoms with Crippen LogP contribution in [0.4, 0.5) is 0 Å². The quantitative estimate of drug-likeness (QED) is 0.634. The van der Waals surface area contributed by atoms with Gasteiger partial charge in [0.15, 0.2) is 5.96 Å². The SMILES string of the molecule is CN=C(NCc1c(C)noc1C)NC1CC1(C)C. The van der Waals surface area contributed by atoms with Gasteiger partial charge in [0.1, 0.15) is 5.76 Å². The Morgan fingerprint density at radius 1 is 1.50 bits per heavy atom. The molecule has 0 saturated heterocycles. The number of guanidine groups is 1. The molecule has 1 aliphatic rings. The summed E-state index contributed by atoms with van der Waals surface area (Å²) < 4.78 is 5.14. The Morgan fingerprint density at radius 3 is 2.61 bits per heavy atom. The van der Waals surface area contributed by atoms with Gasteiger partial charge in [-0.2, -0.15) is 0 Å². The number of rotatable bonds is 3. The molecule has 2 rings (SSSR count). The number of hydrogen-bond donors (Lipinski definition) is 2. The molecular weight excluding hydrogens is 228 g/mol. The Morgan fingerprint density at radius 2 is 2.17 bits per heavy atom. The van der Waals surface area contributed by atoms with E-state index >= 15 is 0 Å². The first-order chi connectivity index (χ1) is 8.44. The van der Waals surface area contributed by atoms with Crippen LogP contribution in [0.2, 0.25) is 0 Å². The first-order valence-corrected chi connectivity index (χ1v) is 6.33. The van der Waals surface area contributed by atoms with Gasteiger partial charge in [-0.3, -0.25) is 4.99 Å². The second-order valence-electron chi connectivity index (χ2n) is 5.62. The van der Waals surface area contributed by atoms with E-state index in [9.17, 15) is 0 Å². The minimum Gasteiger partial charge on any atom is -0.361 e. The second kappa shape index (κ2) is 4.63. The molecule has 0 amide bonds. The molecule has 1 saturated carbocycles. The van der Waals surface area contributed by atoms with Crippen LogP contribution in [0.1, 0.15) is 37.3 Å². The van der Waals surface area contributed by atoms with Crippen molar-refractivity contribution in [2.45, 2.75) is 46.7 Å². The van der Waals surface area contributed by atoms with Crippen molar-refractivity contribution in [3.05, 3.63) is 17.0 Å². The highest BCUT2D eigenvalue weighted by atomic mass is 16.5. The normalized spacial score (nSPS) is 21.8. The third-order valence-corrected chi connectivity index (χ3v) is 3.66. The van der Waals surface area contributed by atoms with Crippen LogP contribution >= 0.6 is 0 Å². The van der Waals surface area contributed by atoms with E-state index in [4.69, 9.17) is 4.52 Å². The highest BCUT2D eigenvalue weighted by Gasteiger charge is 2.46. The molecule has 0 aliphatic heterocycles. The van der Waals surface area contributed by atoms with Crippen LogP contribution in [0.25, 0.3) is 0 Å². The fourth-order valence-corrected chi connectivity index (χ4v) is 2.00. The van der Waals surface area contributed by atoms with E-state index in [-0.39, 0.29) is 0 Å². The number of aliphatic imine (C=N–C) groups is 1. The van der Waals surface area contributed by atoms with Crippen molar-refractivity contribution in [3.63, 3.8) is 0 Å². The molecule has 1 aromatic heterocycles. The van der Waals surface area contributed by atoms with Gasteiger partial charge in [-0.05, 0) is 25.7 Å². The molecule has 5 heteroatoms. The lowest BCUT2D eigenvalue weighted by Crippen LogP contribution is -2.39. The predicted molar refractivity (Wildman–Crippen MR) is 71.5 cm³/mol. The molecule has 0 aromatic carbocycles. The molecule has 1 atom stereocenters. The van der Waals surface area contributed by atoms with Crippen molar-refractivity contribution in [2.24, 2.45) is 10.4 Å². The van der Waals surface area contributed by atoms with Crippen molar-refractivity contribution in [3.8, 4) is 0 Å². The monoisotopic (exact) mass is 250 g/mol. The average molecular weight is 250 g/mol. The largest absolute Gasteiger partial charge is 0.361 e. The summed E-state index contributed by atoms with van der Waals surface area (Å²) in [5.74, 6) is 1.70. The zero-order chi connectivity index (χ0) is 13.3. The van der Waals surface area contributed by atoms with Gasteiger partial charge in [-0.25, -0.2) is 0 Å². The Balaban J connectivity index is 1.89. The zero-order valence-corrected chi connectivity index (χ0v) is 11.8. The van der Waals surface area contributed by atoms with Gasteiger partial charge in [0.2, 0.25) is 0 Å². The molecule has 100 valence electrons. The molecule has 1 heterocycles. The molecule has 1 fully saturated rings. The topological polar surface area (TPSA) is 62.5 Å². The van der Waals surface area contributed by atoms with Crippen molar-refractivity contribution >= 4 is 5.96 Å². The maximum atomic E-state index is 5.14. The second-order valence-corrected chi connectivity index (χ2v) is 5.62. The summed E-state index contributed by atoms with van der Waals surface area (Å²) >= 11 is 0. The zero-order valence-electron chi connectivity index (χ0n) is 11.8. The van der Waals surface area contributed by atoms with Gasteiger partial charge in [0.05, 0.1) is 5.69 Å². The van der Waals surface area contributed by atoms with Crippen LogP contribution < -0.4 is 10.6 Å². The standard InChI is InChI=1S/C13H22N4O/c1-8-10(9(2)18-17-8)7-15-12(14-5)16-11-6-13(11,3)4/h11H,6-7H2,1-5H3,(H2,14,15,16). The number of nitrogens with one attached hydrogen (secondary N) is 2. The van der Waals surface area contributed by atoms with Gasteiger partial charge in [-0.1, -0.05) is 19.0 Å². The number of nitrogens with zero attached hydrogens (tertiary/aromatic N) is 2. The summed E-state index contributed by atoms with van der Waals surface area (Å²) in [4.78, 5) is 4.24. The van der Waals surface area contributed by atoms with Crippen LogP contribution in [0.15, 0.2) is 9.52 Å². The highest BCUT2D eigenvalue weighted by Crippen LogP contribution is 2.44. The van der Waals surface area contributed by atoms with Gasteiger partial charge < -0.3 is 15.2 Å². The van der Waals surface area contributed by atoms with Crippen LogP contribution in [-0.4, -0.2) is 24.2 Å². The molecule has 1 aromatic rings. The summed E-state index contributed by atoms with van der Waals surface area (Å²) in [5.41, 5.74) is 2.43. The molecule has 18 heavy (non-hydrogen) atoms. The molecular formula is C13H22N4O. The molecule has 1 aliphatic carbocycles. The third-order valence-electron chi connectivity index (χ3n) is 3.66.